The van der Waals surface area contributed by atoms with Crippen LogP contribution in [0.25, 0.3) is 22.2 Å². The van der Waals surface area contributed by atoms with Crippen molar-refractivity contribution >= 4 is 38.4 Å². The molecule has 0 amide bonds. The Bertz CT molecular complexity index is 779. The highest BCUT2D eigenvalue weighted by Crippen LogP contribution is 2.28. The van der Waals surface area contributed by atoms with E-state index in [-0.39, 0.29) is 5.15 Å². The van der Waals surface area contributed by atoms with Crippen LogP contribution in [0, 0.1) is 5.82 Å². The number of rotatable bonds is 1. The molecule has 0 unspecified atom stereocenters. The molecule has 0 N–H and O–H groups in total. The van der Waals surface area contributed by atoms with Gasteiger partial charge in [-0.3, -0.25) is 0 Å². The third-order valence-corrected chi connectivity index (χ3v) is 3.44. The lowest BCUT2D eigenvalue weighted by Gasteiger charge is -2.05. The van der Waals surface area contributed by atoms with Crippen molar-refractivity contribution in [3.05, 3.63) is 52.2 Å². The lowest BCUT2D eigenvalue weighted by molar-refractivity contribution is 0.622. The molecule has 3 rings (SSSR count). The molecule has 0 aliphatic rings. The number of nitrogens with zero attached hydrogens (tertiary/aromatic N) is 3. The van der Waals surface area contributed by atoms with E-state index in [0.29, 0.717) is 11.3 Å². The molecule has 3 aromatic rings. The minimum absolute atomic E-state index is 0.150. The molecular weight excluding hydrogens is 333 g/mol. The maximum Gasteiger partial charge on any atom is 0.164 e. The molecule has 6 heteroatoms. The smallest absolute Gasteiger partial charge is 0.164 e. The van der Waals surface area contributed by atoms with Crippen LogP contribution >= 0.6 is 27.5 Å². The van der Waals surface area contributed by atoms with Gasteiger partial charge in [0.05, 0.1) is 11.2 Å². The van der Waals surface area contributed by atoms with Crippen LogP contribution in [0.3, 0.4) is 0 Å². The summed E-state index contributed by atoms with van der Waals surface area (Å²) in [5, 5.41) is 0.670. The Kier molecular flexibility index (Phi) is 3.16. The number of benzene rings is 1. The molecule has 0 saturated carbocycles. The van der Waals surface area contributed by atoms with E-state index in [0.717, 1.165) is 15.4 Å². The molecule has 0 fully saturated rings. The Morgan fingerprint density at radius 1 is 1.11 bits per heavy atom. The van der Waals surface area contributed by atoms with Crippen molar-refractivity contribution in [2.75, 3.05) is 0 Å². The number of hydrogen-bond acceptors (Lipinski definition) is 3. The molecule has 0 spiro atoms. The highest BCUT2D eigenvalue weighted by molar-refractivity contribution is 9.10. The van der Waals surface area contributed by atoms with Gasteiger partial charge in [0.15, 0.2) is 11.0 Å². The van der Waals surface area contributed by atoms with Gasteiger partial charge in [0, 0.05) is 21.6 Å². The summed E-state index contributed by atoms with van der Waals surface area (Å²) in [6.45, 7) is 0. The summed E-state index contributed by atoms with van der Waals surface area (Å²) < 4.78 is 14.4. The van der Waals surface area contributed by atoms with Gasteiger partial charge in [-0.2, -0.15) is 0 Å². The monoisotopic (exact) mass is 337 g/mol. The fourth-order valence-electron chi connectivity index (χ4n) is 1.81. The van der Waals surface area contributed by atoms with Crippen LogP contribution in [0.5, 0.6) is 0 Å². The average molecular weight is 339 g/mol. The van der Waals surface area contributed by atoms with Crippen LogP contribution in [0.4, 0.5) is 4.39 Å². The van der Waals surface area contributed by atoms with Crippen LogP contribution in [0.2, 0.25) is 5.15 Å². The molecule has 0 aliphatic carbocycles. The maximum absolute atomic E-state index is 13.5. The van der Waals surface area contributed by atoms with E-state index in [1.54, 1.807) is 0 Å². The van der Waals surface area contributed by atoms with Gasteiger partial charge < -0.3 is 0 Å². The summed E-state index contributed by atoms with van der Waals surface area (Å²) in [4.78, 5) is 12.2. The first-order chi connectivity index (χ1) is 9.15. The van der Waals surface area contributed by atoms with Crippen molar-refractivity contribution in [1.29, 1.82) is 0 Å². The zero-order valence-electron chi connectivity index (χ0n) is 9.44. The topological polar surface area (TPSA) is 38.7 Å². The molecule has 0 radical (unpaired) electrons. The molecule has 2 aromatic heterocycles. The van der Waals surface area contributed by atoms with Gasteiger partial charge in [0.1, 0.15) is 6.33 Å². The van der Waals surface area contributed by atoms with Crippen molar-refractivity contribution in [1.82, 2.24) is 15.0 Å². The average Bonchev–Trinajstić information content (AvgIpc) is 2.41. The largest absolute Gasteiger partial charge is 0.241 e. The molecule has 0 saturated heterocycles. The number of pyridine rings is 1. The Balaban J connectivity index is 2.29. The normalized spacial score (nSPS) is 10.9. The molecular formula is C13H6BrClFN3. The Morgan fingerprint density at radius 2 is 1.95 bits per heavy atom. The van der Waals surface area contributed by atoms with E-state index in [2.05, 4.69) is 30.9 Å². The SMILES string of the molecule is Fc1cc(-c2ncnc3ccc(Br)cc23)cnc1Cl. The van der Waals surface area contributed by atoms with Crippen LogP contribution in [0.1, 0.15) is 0 Å². The van der Waals surface area contributed by atoms with Crippen LogP contribution < -0.4 is 0 Å². The van der Waals surface area contributed by atoms with Crippen LogP contribution in [-0.4, -0.2) is 15.0 Å². The van der Waals surface area contributed by atoms with E-state index in [4.69, 9.17) is 11.6 Å². The number of hydrogen-bond donors (Lipinski definition) is 0. The van der Waals surface area contributed by atoms with E-state index >= 15 is 0 Å². The third kappa shape index (κ3) is 2.31. The van der Waals surface area contributed by atoms with Crippen molar-refractivity contribution in [3.63, 3.8) is 0 Å². The van der Waals surface area contributed by atoms with E-state index in [1.807, 2.05) is 18.2 Å². The van der Waals surface area contributed by atoms with Crippen molar-refractivity contribution in [3.8, 4) is 11.3 Å². The van der Waals surface area contributed by atoms with Gasteiger partial charge in [0.2, 0.25) is 0 Å². The zero-order chi connectivity index (χ0) is 13.4. The lowest BCUT2D eigenvalue weighted by Crippen LogP contribution is -1.91. The van der Waals surface area contributed by atoms with Crippen molar-refractivity contribution in [2.24, 2.45) is 0 Å². The number of aromatic nitrogens is 3. The first-order valence-electron chi connectivity index (χ1n) is 5.37. The van der Waals surface area contributed by atoms with Gasteiger partial charge in [-0.1, -0.05) is 27.5 Å². The van der Waals surface area contributed by atoms with E-state index in [1.165, 1.54) is 18.6 Å². The molecule has 94 valence electrons. The molecule has 0 bridgehead atoms. The molecule has 3 nitrogen and oxygen atoms in total. The minimum atomic E-state index is -0.569. The van der Waals surface area contributed by atoms with Crippen molar-refractivity contribution in [2.45, 2.75) is 0 Å². The fraction of sp³-hybridized carbons (Fsp3) is 0. The molecule has 2 heterocycles. The van der Waals surface area contributed by atoms with Crippen molar-refractivity contribution < 1.29 is 4.39 Å². The predicted molar refractivity (Wildman–Crippen MR) is 75.4 cm³/mol. The fourth-order valence-corrected chi connectivity index (χ4v) is 2.27. The maximum atomic E-state index is 13.5. The summed E-state index contributed by atoms with van der Waals surface area (Å²) in [6.07, 6.45) is 2.94. The minimum Gasteiger partial charge on any atom is -0.241 e. The van der Waals surface area contributed by atoms with Gasteiger partial charge in [-0.15, -0.1) is 0 Å². The Morgan fingerprint density at radius 3 is 2.74 bits per heavy atom. The summed E-state index contributed by atoms with van der Waals surface area (Å²) >= 11 is 8.98. The lowest BCUT2D eigenvalue weighted by atomic mass is 10.1. The van der Waals surface area contributed by atoms with Gasteiger partial charge in [-0.05, 0) is 24.3 Å². The Hall–Kier alpha value is -1.59. The standard InChI is InChI=1S/C13H6BrClFN3/c14-8-1-2-11-9(4-8)12(19-6-18-11)7-3-10(16)13(15)17-5-7/h1-6H. The first-order valence-corrected chi connectivity index (χ1v) is 6.54. The quantitative estimate of drug-likeness (QED) is 0.623. The summed E-state index contributed by atoms with van der Waals surface area (Å²) in [5.74, 6) is -0.569. The van der Waals surface area contributed by atoms with E-state index in [9.17, 15) is 4.39 Å². The number of fused-ring (bicyclic) bond motifs is 1. The molecule has 0 atom stereocenters. The second-order valence-electron chi connectivity index (χ2n) is 3.88. The summed E-state index contributed by atoms with van der Waals surface area (Å²) in [5.41, 5.74) is 1.96. The zero-order valence-corrected chi connectivity index (χ0v) is 11.8. The third-order valence-electron chi connectivity index (χ3n) is 2.67. The highest BCUT2D eigenvalue weighted by atomic mass is 79.9. The Labute approximate surface area is 121 Å². The molecule has 19 heavy (non-hydrogen) atoms. The summed E-state index contributed by atoms with van der Waals surface area (Å²) in [7, 11) is 0. The second-order valence-corrected chi connectivity index (χ2v) is 5.15. The number of halogens is 3. The highest BCUT2D eigenvalue weighted by Gasteiger charge is 2.10. The molecule has 1 aromatic carbocycles. The van der Waals surface area contributed by atoms with Gasteiger partial charge in [-0.25, -0.2) is 19.3 Å². The van der Waals surface area contributed by atoms with E-state index < -0.39 is 5.82 Å². The summed E-state index contributed by atoms with van der Waals surface area (Å²) in [6, 6.07) is 6.96. The second kappa shape index (κ2) is 4.83. The molecule has 0 aliphatic heterocycles. The van der Waals surface area contributed by atoms with Gasteiger partial charge >= 0.3 is 0 Å². The van der Waals surface area contributed by atoms with Gasteiger partial charge in [0.25, 0.3) is 0 Å². The predicted octanol–water partition coefficient (Wildman–Crippen LogP) is 4.25. The van der Waals surface area contributed by atoms with Crippen LogP contribution in [0.15, 0.2) is 41.3 Å². The first kappa shape index (κ1) is 12.4. The van der Waals surface area contributed by atoms with Crippen LogP contribution in [-0.2, 0) is 0 Å².